The normalized spacial score (nSPS) is 23.6. The maximum atomic E-state index is 12.9. The number of nitrogens with zero attached hydrogens (tertiary/aromatic N) is 3. The van der Waals surface area contributed by atoms with Crippen LogP contribution in [-0.2, 0) is 4.79 Å². The van der Waals surface area contributed by atoms with Gasteiger partial charge in [0.05, 0.1) is 0 Å². The lowest BCUT2D eigenvalue weighted by Gasteiger charge is -2.57. The topological polar surface area (TPSA) is 55.9 Å². The van der Waals surface area contributed by atoms with Gasteiger partial charge in [-0.2, -0.15) is 0 Å². The van der Waals surface area contributed by atoms with Gasteiger partial charge in [-0.3, -0.25) is 9.69 Å². The molecule has 2 fully saturated rings. The number of allylic oxidation sites excluding steroid dienone is 1. The van der Waals surface area contributed by atoms with E-state index in [9.17, 15) is 9.59 Å². The number of benzene rings is 1. The molecule has 0 radical (unpaired) electrons. The Morgan fingerprint density at radius 1 is 1.15 bits per heavy atom. The second-order valence-electron chi connectivity index (χ2n) is 11.0. The number of fused-ring (bicyclic) bond motifs is 1. The molecule has 3 amide bonds. The number of urea groups is 1. The summed E-state index contributed by atoms with van der Waals surface area (Å²) in [6.07, 6.45) is 6.39. The number of piperazine rings is 1. The molecule has 34 heavy (non-hydrogen) atoms. The number of rotatable bonds is 8. The van der Waals surface area contributed by atoms with Gasteiger partial charge in [0.25, 0.3) is 0 Å². The van der Waals surface area contributed by atoms with Crippen LogP contribution in [0.3, 0.4) is 0 Å². The Morgan fingerprint density at radius 3 is 2.53 bits per heavy atom. The predicted octanol–water partition coefficient (Wildman–Crippen LogP) is 4.77. The highest BCUT2D eigenvalue weighted by Gasteiger charge is 2.51. The average molecular weight is 467 g/mol. The maximum Gasteiger partial charge on any atom is 0.321 e. The second-order valence-corrected chi connectivity index (χ2v) is 11.0. The van der Waals surface area contributed by atoms with Gasteiger partial charge in [0, 0.05) is 57.9 Å². The zero-order valence-corrected chi connectivity index (χ0v) is 21.5. The van der Waals surface area contributed by atoms with Gasteiger partial charge in [0.1, 0.15) is 0 Å². The lowest BCUT2D eigenvalue weighted by Crippen LogP contribution is -2.52. The van der Waals surface area contributed by atoms with E-state index in [1.165, 1.54) is 18.4 Å². The summed E-state index contributed by atoms with van der Waals surface area (Å²) in [5.41, 5.74) is 3.81. The highest BCUT2D eigenvalue weighted by molar-refractivity contribution is 5.90. The summed E-state index contributed by atoms with van der Waals surface area (Å²) in [7, 11) is 0. The Labute approximate surface area is 205 Å². The minimum absolute atomic E-state index is 0.0284. The lowest BCUT2D eigenvalue weighted by molar-refractivity contribution is -0.131. The Kier molecular flexibility index (Phi) is 7.66. The maximum absolute atomic E-state index is 12.9. The SMILES string of the molecule is CCCC(=O)N(CCN1CCN(C(=O)Nc2ccccc2C)CC1)CC1=CCC2CC1C2(C)C. The molecule has 2 unspecified atom stereocenters. The lowest BCUT2D eigenvalue weighted by atomic mass is 9.49. The summed E-state index contributed by atoms with van der Waals surface area (Å²) in [6, 6.07) is 7.84. The van der Waals surface area contributed by atoms with Gasteiger partial charge in [-0.25, -0.2) is 4.79 Å². The molecule has 1 saturated heterocycles. The Balaban J connectivity index is 1.27. The van der Waals surface area contributed by atoms with Crippen molar-refractivity contribution in [1.29, 1.82) is 0 Å². The molecule has 6 nitrogen and oxygen atoms in total. The summed E-state index contributed by atoms with van der Waals surface area (Å²) in [6.45, 7) is 14.4. The highest BCUT2D eigenvalue weighted by atomic mass is 16.2. The van der Waals surface area contributed by atoms with Crippen molar-refractivity contribution in [3.05, 3.63) is 41.5 Å². The molecule has 5 rings (SSSR count). The molecule has 1 saturated carbocycles. The first-order valence-electron chi connectivity index (χ1n) is 13.1. The van der Waals surface area contributed by atoms with Crippen LogP contribution in [-0.4, -0.2) is 72.5 Å². The monoisotopic (exact) mass is 466 g/mol. The summed E-state index contributed by atoms with van der Waals surface area (Å²) in [5.74, 6) is 1.73. The summed E-state index contributed by atoms with van der Waals surface area (Å²) >= 11 is 0. The van der Waals surface area contributed by atoms with Crippen LogP contribution in [0.4, 0.5) is 10.5 Å². The number of carbonyl (C=O) groups excluding carboxylic acids is 2. The van der Waals surface area contributed by atoms with Crippen molar-refractivity contribution in [3.8, 4) is 0 Å². The van der Waals surface area contributed by atoms with Crippen molar-refractivity contribution >= 4 is 17.6 Å². The van der Waals surface area contributed by atoms with Crippen LogP contribution in [0.15, 0.2) is 35.9 Å². The Bertz CT molecular complexity index is 917. The van der Waals surface area contributed by atoms with Gasteiger partial charge in [0.15, 0.2) is 0 Å². The molecular weight excluding hydrogens is 424 g/mol. The fraction of sp³-hybridized carbons (Fsp3) is 0.643. The minimum atomic E-state index is -0.0284. The third-order valence-corrected chi connectivity index (χ3v) is 8.50. The molecule has 1 N–H and O–H groups in total. The van der Waals surface area contributed by atoms with Crippen LogP contribution >= 0.6 is 0 Å². The molecular formula is C28H42N4O2. The van der Waals surface area contributed by atoms with Crippen LogP contribution in [0.25, 0.3) is 0 Å². The van der Waals surface area contributed by atoms with Crippen molar-refractivity contribution < 1.29 is 9.59 Å². The molecule has 1 aromatic carbocycles. The first-order chi connectivity index (χ1) is 16.3. The van der Waals surface area contributed by atoms with Crippen molar-refractivity contribution in [3.63, 3.8) is 0 Å². The summed E-state index contributed by atoms with van der Waals surface area (Å²) in [4.78, 5) is 32.0. The van der Waals surface area contributed by atoms with Crippen LogP contribution in [0.5, 0.6) is 0 Å². The molecule has 0 aromatic heterocycles. The quantitative estimate of drug-likeness (QED) is 0.562. The van der Waals surface area contributed by atoms with Crippen molar-refractivity contribution in [1.82, 2.24) is 14.7 Å². The van der Waals surface area contributed by atoms with Gasteiger partial charge >= 0.3 is 6.03 Å². The van der Waals surface area contributed by atoms with E-state index in [-0.39, 0.29) is 11.9 Å². The van der Waals surface area contributed by atoms with Gasteiger partial charge in [-0.05, 0) is 55.1 Å². The van der Waals surface area contributed by atoms with E-state index in [1.54, 1.807) is 0 Å². The highest BCUT2D eigenvalue weighted by Crippen LogP contribution is 2.59. The number of hydrogen-bond acceptors (Lipinski definition) is 3. The first-order valence-corrected chi connectivity index (χ1v) is 13.1. The molecule has 0 spiro atoms. The van der Waals surface area contributed by atoms with Crippen LogP contribution in [0.1, 0.15) is 52.0 Å². The standard InChI is InChI=1S/C28H42N4O2/c1-5-8-26(33)32(20-22-11-12-23-19-24(22)28(23,3)4)18-15-30-13-16-31(17-14-30)27(34)29-25-10-7-6-9-21(25)2/h6-7,9-11,23-24H,5,8,12-20H2,1-4H3,(H,29,34). The summed E-state index contributed by atoms with van der Waals surface area (Å²) < 4.78 is 0. The van der Waals surface area contributed by atoms with E-state index < -0.39 is 0 Å². The molecule has 4 aliphatic rings. The number of amides is 3. The van der Waals surface area contributed by atoms with Crippen LogP contribution in [0.2, 0.25) is 0 Å². The van der Waals surface area contributed by atoms with E-state index in [1.807, 2.05) is 36.1 Å². The molecule has 2 bridgehead atoms. The number of hydrogen-bond donors (Lipinski definition) is 1. The molecule has 2 atom stereocenters. The van der Waals surface area contributed by atoms with E-state index >= 15 is 0 Å². The second kappa shape index (κ2) is 10.5. The number of aryl methyl sites for hydroxylation is 1. The van der Waals surface area contributed by atoms with Crippen molar-refractivity contribution in [2.24, 2.45) is 17.3 Å². The van der Waals surface area contributed by atoms with Crippen LogP contribution < -0.4 is 5.32 Å². The Hall–Kier alpha value is -2.34. The van der Waals surface area contributed by atoms with Gasteiger partial charge in [-0.1, -0.05) is 50.6 Å². The molecule has 1 heterocycles. The van der Waals surface area contributed by atoms with Gasteiger partial charge in [0.2, 0.25) is 5.91 Å². The van der Waals surface area contributed by atoms with Gasteiger partial charge < -0.3 is 15.1 Å². The minimum Gasteiger partial charge on any atom is -0.337 e. The zero-order chi connectivity index (χ0) is 24.3. The van der Waals surface area contributed by atoms with Crippen molar-refractivity contribution in [2.75, 3.05) is 51.1 Å². The third-order valence-electron chi connectivity index (χ3n) is 8.50. The van der Waals surface area contributed by atoms with E-state index in [2.05, 4.69) is 42.0 Å². The van der Waals surface area contributed by atoms with E-state index in [0.29, 0.717) is 30.8 Å². The molecule has 1 aliphatic heterocycles. The smallest absolute Gasteiger partial charge is 0.321 e. The summed E-state index contributed by atoms with van der Waals surface area (Å²) in [5, 5.41) is 3.04. The average Bonchev–Trinajstić information content (AvgIpc) is 2.83. The van der Waals surface area contributed by atoms with E-state index in [0.717, 1.165) is 56.3 Å². The number of para-hydroxylation sites is 1. The largest absolute Gasteiger partial charge is 0.337 e. The zero-order valence-electron chi connectivity index (χ0n) is 21.5. The number of carbonyl (C=O) groups is 2. The molecule has 3 aliphatic carbocycles. The van der Waals surface area contributed by atoms with Gasteiger partial charge in [-0.15, -0.1) is 0 Å². The van der Waals surface area contributed by atoms with Crippen LogP contribution in [0, 0.1) is 24.2 Å². The Morgan fingerprint density at radius 2 is 1.88 bits per heavy atom. The fourth-order valence-corrected chi connectivity index (χ4v) is 5.88. The number of anilines is 1. The first kappa shape index (κ1) is 24.8. The molecule has 1 aromatic rings. The molecule has 6 heteroatoms. The predicted molar refractivity (Wildman–Crippen MR) is 138 cm³/mol. The van der Waals surface area contributed by atoms with Crippen molar-refractivity contribution in [2.45, 2.75) is 53.4 Å². The molecule has 186 valence electrons. The third kappa shape index (κ3) is 5.32. The number of nitrogens with one attached hydrogen (secondary N) is 1. The fourth-order valence-electron chi connectivity index (χ4n) is 5.88. The van der Waals surface area contributed by atoms with E-state index in [4.69, 9.17) is 0 Å².